The molecule has 1 saturated heterocycles. The first-order chi connectivity index (χ1) is 12.9. The highest BCUT2D eigenvalue weighted by molar-refractivity contribution is 9.10. The number of nitrogens with one attached hydrogen (secondary N) is 1. The SMILES string of the molecule is Cc1cc(Br)ccc1NC(=O)[C@H](C)N1C(=O)[C@@H]2[C@H]3C=C[C@@H]([C@@H]4C[C@@H]34)[C@H]2C1=O. The summed E-state index contributed by atoms with van der Waals surface area (Å²) in [5, 5.41) is 2.87. The van der Waals surface area contributed by atoms with Crippen LogP contribution in [0.4, 0.5) is 5.69 Å². The predicted molar refractivity (Wildman–Crippen MR) is 104 cm³/mol. The van der Waals surface area contributed by atoms with Crippen molar-refractivity contribution in [1.29, 1.82) is 0 Å². The number of imide groups is 1. The summed E-state index contributed by atoms with van der Waals surface area (Å²) in [6, 6.07) is 4.77. The van der Waals surface area contributed by atoms with E-state index in [1.165, 1.54) is 4.90 Å². The zero-order chi connectivity index (χ0) is 19.0. The number of halogens is 1. The lowest BCUT2D eigenvalue weighted by atomic mass is 9.63. The number of anilines is 1. The zero-order valence-electron chi connectivity index (χ0n) is 15.2. The number of amides is 3. The monoisotopic (exact) mass is 428 g/mol. The third-order valence-corrected chi connectivity index (χ3v) is 7.40. The molecule has 1 aromatic rings. The molecule has 3 amide bonds. The number of rotatable bonds is 3. The van der Waals surface area contributed by atoms with Crippen LogP contribution in [0.25, 0.3) is 0 Å². The number of allylic oxidation sites excluding steroid dienone is 2. The van der Waals surface area contributed by atoms with Gasteiger partial charge in [0.2, 0.25) is 17.7 Å². The van der Waals surface area contributed by atoms with Crippen LogP contribution >= 0.6 is 15.9 Å². The van der Waals surface area contributed by atoms with Crippen molar-refractivity contribution in [1.82, 2.24) is 4.90 Å². The summed E-state index contributed by atoms with van der Waals surface area (Å²) in [5.41, 5.74) is 1.61. The lowest BCUT2D eigenvalue weighted by molar-refractivity contribution is -0.146. The molecule has 7 atom stereocenters. The Morgan fingerprint density at radius 2 is 1.74 bits per heavy atom. The maximum absolute atomic E-state index is 13.1. The number of carbonyl (C=O) groups is 3. The summed E-state index contributed by atoms with van der Waals surface area (Å²) in [7, 11) is 0. The Bertz CT molecular complexity index is 875. The molecule has 1 aliphatic heterocycles. The Kier molecular flexibility index (Phi) is 3.67. The maximum atomic E-state index is 13.1. The van der Waals surface area contributed by atoms with E-state index < -0.39 is 6.04 Å². The lowest BCUT2D eigenvalue weighted by Crippen LogP contribution is -2.46. The van der Waals surface area contributed by atoms with Gasteiger partial charge in [-0.3, -0.25) is 19.3 Å². The highest BCUT2D eigenvalue weighted by Crippen LogP contribution is 2.65. The van der Waals surface area contributed by atoms with E-state index in [4.69, 9.17) is 0 Å². The van der Waals surface area contributed by atoms with Crippen molar-refractivity contribution in [2.45, 2.75) is 26.3 Å². The fourth-order valence-corrected chi connectivity index (χ4v) is 5.96. The second-order valence-electron chi connectivity index (χ2n) is 8.33. The van der Waals surface area contributed by atoms with Crippen LogP contribution in [0.1, 0.15) is 18.9 Å². The van der Waals surface area contributed by atoms with Gasteiger partial charge in [-0.2, -0.15) is 0 Å². The first kappa shape index (κ1) is 17.2. The Hall–Kier alpha value is -1.95. The Balaban J connectivity index is 1.38. The van der Waals surface area contributed by atoms with Gasteiger partial charge in [0, 0.05) is 10.2 Å². The number of benzene rings is 1. The average Bonchev–Trinajstić information content (AvgIpc) is 3.41. The van der Waals surface area contributed by atoms with Crippen molar-refractivity contribution >= 4 is 39.3 Å². The van der Waals surface area contributed by atoms with Gasteiger partial charge in [0.05, 0.1) is 11.8 Å². The Labute approximate surface area is 166 Å². The Morgan fingerprint density at radius 3 is 2.30 bits per heavy atom. The molecule has 5 aliphatic rings. The molecule has 0 radical (unpaired) electrons. The van der Waals surface area contributed by atoms with Crippen molar-refractivity contribution in [3.05, 3.63) is 40.4 Å². The molecule has 27 heavy (non-hydrogen) atoms. The largest absolute Gasteiger partial charge is 0.324 e. The standard InChI is InChI=1S/C21H21BrN2O3/c1-9-7-11(22)3-6-16(9)23-19(25)10(2)24-20(26)17-12-4-5-13(15-8-14(12)15)18(17)21(24)27/h3-7,10,12-15,17-18H,8H2,1-2H3,(H,23,25)/t10-,12-,13-,14-,15-,17+,18+/m0/s1. The molecule has 2 bridgehead atoms. The highest BCUT2D eigenvalue weighted by Gasteiger charge is 2.67. The minimum Gasteiger partial charge on any atom is -0.324 e. The molecule has 3 fully saturated rings. The van der Waals surface area contributed by atoms with Crippen LogP contribution in [0.3, 0.4) is 0 Å². The first-order valence-electron chi connectivity index (χ1n) is 9.50. The smallest absolute Gasteiger partial charge is 0.247 e. The predicted octanol–water partition coefficient (Wildman–Crippen LogP) is 3.14. The molecule has 1 N–H and O–H groups in total. The van der Waals surface area contributed by atoms with Gasteiger partial charge >= 0.3 is 0 Å². The molecule has 4 aliphatic carbocycles. The number of likely N-dealkylation sites (tertiary alicyclic amines) is 1. The van der Waals surface area contributed by atoms with E-state index in [9.17, 15) is 14.4 Å². The molecule has 140 valence electrons. The van der Waals surface area contributed by atoms with Crippen LogP contribution < -0.4 is 5.32 Å². The molecule has 1 heterocycles. The van der Waals surface area contributed by atoms with Crippen molar-refractivity contribution in [2.75, 3.05) is 5.32 Å². The molecule has 0 unspecified atom stereocenters. The van der Waals surface area contributed by atoms with Gasteiger partial charge in [-0.1, -0.05) is 28.1 Å². The van der Waals surface area contributed by atoms with Crippen LogP contribution in [0, 0.1) is 42.4 Å². The number of nitrogens with zero attached hydrogens (tertiary/aromatic N) is 1. The normalized spacial score (nSPS) is 36.5. The van der Waals surface area contributed by atoms with Crippen molar-refractivity contribution in [3.8, 4) is 0 Å². The number of aryl methyl sites for hydroxylation is 1. The van der Waals surface area contributed by atoms with E-state index in [1.807, 2.05) is 25.1 Å². The molecule has 0 aromatic heterocycles. The second kappa shape index (κ2) is 5.77. The highest BCUT2D eigenvalue weighted by atomic mass is 79.9. The van der Waals surface area contributed by atoms with E-state index in [0.29, 0.717) is 17.5 Å². The van der Waals surface area contributed by atoms with Gasteiger partial charge in [-0.05, 0) is 67.7 Å². The van der Waals surface area contributed by atoms with Crippen LogP contribution in [-0.2, 0) is 14.4 Å². The summed E-state index contributed by atoms with van der Waals surface area (Å²) in [6.45, 7) is 3.55. The fourth-order valence-electron chi connectivity index (χ4n) is 5.48. The van der Waals surface area contributed by atoms with Crippen LogP contribution in [-0.4, -0.2) is 28.7 Å². The quantitative estimate of drug-likeness (QED) is 0.593. The van der Waals surface area contributed by atoms with Gasteiger partial charge in [0.25, 0.3) is 0 Å². The molecule has 2 saturated carbocycles. The summed E-state index contributed by atoms with van der Waals surface area (Å²) in [5.74, 6) is 0.300. The molecular formula is C21H21BrN2O3. The molecule has 1 aromatic carbocycles. The zero-order valence-corrected chi connectivity index (χ0v) is 16.8. The molecule has 6 heteroatoms. The molecule has 6 rings (SSSR count). The number of hydrogen-bond acceptors (Lipinski definition) is 3. The van der Waals surface area contributed by atoms with Crippen LogP contribution in [0.5, 0.6) is 0 Å². The fraction of sp³-hybridized carbons (Fsp3) is 0.476. The summed E-state index contributed by atoms with van der Waals surface area (Å²) in [6.07, 6.45) is 5.42. The number of carbonyl (C=O) groups excluding carboxylic acids is 3. The minimum absolute atomic E-state index is 0.162. The van der Waals surface area contributed by atoms with Crippen molar-refractivity contribution < 1.29 is 14.4 Å². The van der Waals surface area contributed by atoms with Crippen LogP contribution in [0.2, 0.25) is 0 Å². The second-order valence-corrected chi connectivity index (χ2v) is 9.24. The van der Waals surface area contributed by atoms with Gasteiger partial charge in [-0.25, -0.2) is 0 Å². The number of hydrogen-bond donors (Lipinski definition) is 1. The van der Waals surface area contributed by atoms with E-state index in [1.54, 1.807) is 6.92 Å². The van der Waals surface area contributed by atoms with Crippen molar-refractivity contribution in [3.63, 3.8) is 0 Å². The van der Waals surface area contributed by atoms with E-state index in [-0.39, 0.29) is 41.4 Å². The third kappa shape index (κ3) is 2.38. The maximum Gasteiger partial charge on any atom is 0.247 e. The van der Waals surface area contributed by atoms with Crippen molar-refractivity contribution in [2.24, 2.45) is 35.5 Å². The summed E-state index contributed by atoms with van der Waals surface area (Å²) < 4.78 is 0.932. The summed E-state index contributed by atoms with van der Waals surface area (Å²) >= 11 is 3.41. The Morgan fingerprint density at radius 1 is 1.15 bits per heavy atom. The average molecular weight is 429 g/mol. The molecular weight excluding hydrogens is 408 g/mol. The molecule has 5 nitrogen and oxygen atoms in total. The van der Waals surface area contributed by atoms with Gasteiger partial charge in [-0.15, -0.1) is 0 Å². The third-order valence-electron chi connectivity index (χ3n) is 6.91. The van der Waals surface area contributed by atoms with Gasteiger partial charge in [0.15, 0.2) is 0 Å². The van der Waals surface area contributed by atoms with Gasteiger partial charge < -0.3 is 5.32 Å². The topological polar surface area (TPSA) is 66.5 Å². The van der Waals surface area contributed by atoms with E-state index in [0.717, 1.165) is 16.5 Å². The first-order valence-corrected chi connectivity index (χ1v) is 10.3. The van der Waals surface area contributed by atoms with Crippen LogP contribution in [0.15, 0.2) is 34.8 Å². The van der Waals surface area contributed by atoms with E-state index >= 15 is 0 Å². The molecule has 0 spiro atoms. The minimum atomic E-state index is -0.811. The van der Waals surface area contributed by atoms with E-state index in [2.05, 4.69) is 33.4 Å². The lowest BCUT2D eigenvalue weighted by Gasteiger charge is -2.37. The van der Waals surface area contributed by atoms with Gasteiger partial charge in [0.1, 0.15) is 6.04 Å². The summed E-state index contributed by atoms with van der Waals surface area (Å²) in [4.78, 5) is 40.2.